The summed E-state index contributed by atoms with van der Waals surface area (Å²) >= 11 is 0. The van der Waals surface area contributed by atoms with Crippen LogP contribution in [0.2, 0.25) is 0 Å². The van der Waals surface area contributed by atoms with Gasteiger partial charge in [0.2, 0.25) is 15.8 Å². The minimum Gasteiger partial charge on any atom is -0.505 e. The fraction of sp³-hybridized carbons (Fsp3) is 0.0938. The maximum Gasteiger partial charge on any atom is 0.343 e. The second-order valence-corrected chi connectivity index (χ2v) is 31.7. The van der Waals surface area contributed by atoms with Crippen LogP contribution < -0.4 is 26.2 Å². The molecule has 19 rings (SSSR count). The quantitative estimate of drug-likeness (QED) is 0.0245. The molecule has 9 N–H and O–H groups in total. The number of para-hydroxylation sites is 2. The van der Waals surface area contributed by atoms with Crippen molar-refractivity contribution >= 4 is 146 Å². The monoisotopic (exact) mass is 1900 g/mol. The largest absolute Gasteiger partial charge is 0.505 e. The molecule has 1 saturated heterocycles. The summed E-state index contributed by atoms with van der Waals surface area (Å²) < 4.78 is 45.0. The Morgan fingerprint density at radius 2 is 0.865 bits per heavy atom. The topological polar surface area (TPSA) is 601 Å². The number of carbonyl (C=O) groups is 6. The van der Waals surface area contributed by atoms with Crippen LogP contribution in [0.3, 0.4) is 0 Å². The van der Waals surface area contributed by atoms with Gasteiger partial charge >= 0.3 is 17.9 Å². The lowest BCUT2D eigenvalue weighted by atomic mass is 10.0. The lowest BCUT2D eigenvalue weighted by Gasteiger charge is -2.27. The number of nitrogens with one attached hydrogen (secondary N) is 2. The molecule has 1 fully saturated rings. The van der Waals surface area contributed by atoms with E-state index in [1.807, 2.05) is 42.5 Å². The number of azo groups is 4. The number of phenolic OH excluding ortho intramolecular Hbond substituents is 3. The number of benzene rings is 10. The third kappa shape index (κ3) is 21.1. The number of piperidine rings is 1. The fourth-order valence-electron chi connectivity index (χ4n) is 14.5. The molecule has 700 valence electrons. The van der Waals surface area contributed by atoms with Crippen LogP contribution in [0.5, 0.6) is 29.0 Å². The zero-order chi connectivity index (χ0) is 98.8. The van der Waals surface area contributed by atoms with Gasteiger partial charge in [0.1, 0.15) is 44.8 Å². The van der Waals surface area contributed by atoms with Crippen LogP contribution in [0.25, 0.3) is 66.4 Å². The number of rotatable bonds is 22. The first-order valence-corrected chi connectivity index (χ1v) is 43.9. The molecule has 0 atom stereocenters. The van der Waals surface area contributed by atoms with Crippen molar-refractivity contribution in [2.45, 2.75) is 24.2 Å². The Morgan fingerprint density at radius 3 is 1.40 bits per heavy atom. The minimum atomic E-state index is -4.25. The van der Waals surface area contributed by atoms with Gasteiger partial charge in [-0.2, -0.15) is 35.0 Å². The number of aromatic hydroxyl groups is 3. The summed E-state index contributed by atoms with van der Waals surface area (Å²) in [4.78, 5) is 110. The van der Waals surface area contributed by atoms with E-state index in [4.69, 9.17) is 25.1 Å². The number of aromatic nitrogens is 16. The van der Waals surface area contributed by atoms with Gasteiger partial charge in [-0.1, -0.05) is 115 Å². The van der Waals surface area contributed by atoms with Crippen molar-refractivity contribution in [2.24, 2.45) is 65.9 Å². The Hall–Kier alpha value is -19.8. The first-order valence-electron chi connectivity index (χ1n) is 42.4. The smallest absolute Gasteiger partial charge is 0.343 e. The van der Waals surface area contributed by atoms with E-state index in [0.717, 1.165) is 35.5 Å². The van der Waals surface area contributed by atoms with Gasteiger partial charge in [0, 0.05) is 110 Å². The summed E-state index contributed by atoms with van der Waals surface area (Å²) in [5, 5.41) is 109. The summed E-state index contributed by atoms with van der Waals surface area (Å²) in [6.45, 7) is 1.38. The average molecular weight is 1910 g/mol. The number of aryl methyl sites for hydroxylation is 2. The first kappa shape index (κ1) is 94.4. The predicted molar refractivity (Wildman–Crippen MR) is 511 cm³/mol. The van der Waals surface area contributed by atoms with Crippen molar-refractivity contribution < 1.29 is 66.7 Å². The van der Waals surface area contributed by atoms with E-state index < -0.39 is 56.1 Å². The van der Waals surface area contributed by atoms with E-state index in [1.54, 1.807) is 182 Å². The van der Waals surface area contributed by atoms with Gasteiger partial charge in [0.25, 0.3) is 35.5 Å². The minimum absolute atomic E-state index is 0.00230. The number of hydrogen-bond acceptors (Lipinski definition) is 35. The van der Waals surface area contributed by atoms with Crippen molar-refractivity contribution in [1.29, 1.82) is 5.26 Å². The Labute approximate surface area is 797 Å². The molecule has 0 unspecified atom stereocenters. The van der Waals surface area contributed by atoms with Crippen LogP contribution in [-0.2, 0) is 33.6 Å². The predicted octanol–water partition coefficient (Wildman–Crippen LogP) is 16.9. The number of anilines is 2. The number of nitrogens with zero attached hydrogens (tertiary/aromatic N) is 26. The number of esters is 2. The van der Waals surface area contributed by atoms with Gasteiger partial charge in [0.15, 0.2) is 46.3 Å². The fourth-order valence-corrected chi connectivity index (χ4v) is 15.0. The highest BCUT2D eigenvalue weighted by atomic mass is 32.2. The van der Waals surface area contributed by atoms with E-state index in [1.165, 1.54) is 97.4 Å². The number of fused-ring (bicyclic) bond motifs is 4. The number of amides is 4. The maximum absolute atomic E-state index is 13.2. The number of sulfonamides is 1. The molecule has 0 saturated carbocycles. The molecule has 9 heterocycles. The number of likely N-dealkylation sites (tertiary alicyclic amines) is 1. The number of ether oxygens (including phenoxy) is 3. The number of primary sulfonamides is 1. The van der Waals surface area contributed by atoms with Gasteiger partial charge in [-0.05, 0) is 126 Å². The van der Waals surface area contributed by atoms with Crippen molar-refractivity contribution in [3.8, 4) is 58.4 Å². The van der Waals surface area contributed by atoms with Gasteiger partial charge in [0.05, 0.1) is 72.4 Å². The second-order valence-electron chi connectivity index (χ2n) is 30.2. The molecule has 0 bridgehead atoms. The molecular formula is C96H76N30O14S. The van der Waals surface area contributed by atoms with Crippen LogP contribution in [0.1, 0.15) is 87.0 Å². The van der Waals surface area contributed by atoms with E-state index in [9.17, 15) is 57.8 Å². The second kappa shape index (κ2) is 42.6. The zero-order valence-electron chi connectivity index (χ0n) is 74.5. The van der Waals surface area contributed by atoms with E-state index in [-0.39, 0.29) is 114 Å². The van der Waals surface area contributed by atoms with Crippen molar-refractivity contribution in [2.75, 3.05) is 37.9 Å². The third-order valence-electron chi connectivity index (χ3n) is 21.3. The average Bonchev–Trinajstić information content (AvgIpc) is 1.22. The lowest BCUT2D eigenvalue weighted by molar-refractivity contribution is 0.0592. The normalized spacial score (nSPS) is 11.9. The summed E-state index contributed by atoms with van der Waals surface area (Å²) in [5.41, 5.74) is 8.21. The summed E-state index contributed by atoms with van der Waals surface area (Å²) in [5.74, 6) is -3.34. The molecule has 18 aromatic rings. The molecule has 8 aromatic heterocycles. The SMILES string of the molecule is COC(=O)c1ccc2c(N=Nc3c(C#N)cnn3-c3ncccn3)c(O)c(C(=O)Nc3ccccc3)cc2c1.COC(=O)c1cnn(C)c1N=Nc1c(Oc2ncccn2)c(C(N)=O)cc2ccccc12.Cn1ncc(-c2ncccn2)c1N=Nc1c(O)c(C(=O)N2CCCCC2)cc2ccccc12.NS(=O)(=O)c1cnn(-c2ncccn2)c1N=Nc1c(O)c(C(=O)Nc2ccccc2)cc2ccccc12. The number of carbonyl (C=O) groups excluding carboxylic acids is 6. The highest BCUT2D eigenvalue weighted by Crippen LogP contribution is 2.47. The van der Waals surface area contributed by atoms with Crippen molar-refractivity contribution in [1.82, 2.24) is 83.9 Å². The molecule has 0 radical (unpaired) electrons. The molecular weight excluding hydrogens is 1830 g/mol. The number of nitriles is 1. The number of primary amides is 1. The maximum atomic E-state index is 13.2. The number of phenols is 3. The lowest BCUT2D eigenvalue weighted by Crippen LogP contribution is -2.35. The molecule has 0 spiro atoms. The van der Waals surface area contributed by atoms with Crippen LogP contribution >= 0.6 is 0 Å². The third-order valence-corrected chi connectivity index (χ3v) is 22.2. The number of hydrogen-bond donors (Lipinski definition) is 7. The molecule has 44 nitrogen and oxygen atoms in total. The number of nitrogens with two attached hydrogens (primary N) is 2. The standard InChI is InChI=1S/C27H18N8O4.C24H18N8O4S.C24H23N7O2.C21H17N7O4/c1-39-26(38)16-8-9-20-17(12-16)13-21(25(37)32-19-6-3-2-4-7-19)23(36)22(20)33-34-24-18(14-28)15-31-35(24)27-29-10-5-11-30-27;25-37(35,36)19-14-28-32(24-26-11-6-12-27-24)22(19)31-30-20-17-10-5-4-7-15(17)13-18(21(20)33)23(34)29-16-8-2-1-3-9-16;1-30-23(19(15-27-30)22-25-10-7-11-26-22)29-28-20-17-9-4-3-8-16(17)14-18(21(20)32)24(33)31-12-5-2-6-13-31;1-28-19(15(11-25-28)20(30)31-2)27-26-16-13-7-4-3-6-12(13)10-14(18(22)29)17(16)32-21-23-8-5-9-24-21/h2-13,15,36H,1H3,(H,32,37);1-14,33H,(H,29,34)(H2,25,35,36);3-4,7-11,14-15,32H,2,5-6,12-13H2,1H3;3-11H,1-2H3,(H2,22,29). The van der Waals surface area contributed by atoms with Crippen molar-refractivity contribution in [3.63, 3.8) is 0 Å². The van der Waals surface area contributed by atoms with Crippen LogP contribution in [-0.4, -0.2) is 171 Å². The molecule has 0 aliphatic carbocycles. The highest BCUT2D eigenvalue weighted by molar-refractivity contribution is 7.89. The summed E-state index contributed by atoms with van der Waals surface area (Å²) in [6.07, 6.45) is 20.5. The van der Waals surface area contributed by atoms with E-state index >= 15 is 0 Å². The molecule has 45 heteroatoms. The highest BCUT2D eigenvalue weighted by Gasteiger charge is 2.30. The molecule has 1 aliphatic rings. The van der Waals surface area contributed by atoms with Crippen molar-refractivity contribution in [3.05, 3.63) is 313 Å². The summed E-state index contributed by atoms with van der Waals surface area (Å²) in [6, 6.07) is 58.5. The Balaban J connectivity index is 0.000000136. The van der Waals surface area contributed by atoms with Crippen LogP contribution in [0.15, 0.2) is 320 Å². The van der Waals surface area contributed by atoms with Gasteiger partial charge in [-0.15, -0.1) is 40.9 Å². The Morgan fingerprint density at radius 1 is 0.433 bits per heavy atom. The van der Waals surface area contributed by atoms with Crippen LogP contribution in [0, 0.1) is 11.3 Å². The molecule has 10 aromatic carbocycles. The molecule has 1 aliphatic heterocycles. The Kier molecular flexibility index (Phi) is 28.5. The molecule has 4 amide bonds. The van der Waals surface area contributed by atoms with Gasteiger partial charge < -0.3 is 50.8 Å². The van der Waals surface area contributed by atoms with Crippen LogP contribution in [0.4, 0.5) is 57.4 Å². The van der Waals surface area contributed by atoms with Gasteiger partial charge in [-0.25, -0.2) is 72.4 Å². The van der Waals surface area contributed by atoms with E-state index in [2.05, 4.69) is 112 Å². The number of methoxy groups -OCH3 is 2. The van der Waals surface area contributed by atoms with Gasteiger partial charge in [-0.3, -0.25) is 19.2 Å². The Bertz CT molecular complexity index is 8110. The molecule has 141 heavy (non-hydrogen) atoms. The summed E-state index contributed by atoms with van der Waals surface area (Å²) in [7, 11) is 1.61. The van der Waals surface area contributed by atoms with E-state index in [0.29, 0.717) is 79.4 Å². The first-order chi connectivity index (χ1) is 68.4. The zero-order valence-corrected chi connectivity index (χ0v) is 75.4.